The first-order valence-electron chi connectivity index (χ1n) is 10.6. The number of ether oxygens (including phenoxy) is 3. The van der Waals surface area contributed by atoms with Crippen LogP contribution < -0.4 is 14.8 Å². The summed E-state index contributed by atoms with van der Waals surface area (Å²) >= 11 is 5.91. The molecular formula is C23H24ClFN4O3. The number of halogens is 2. The Bertz CT molecular complexity index is 1120. The zero-order chi connectivity index (χ0) is 22.1. The average Bonchev–Trinajstić information content (AvgIpc) is 3.14. The lowest BCUT2D eigenvalue weighted by Crippen LogP contribution is -2.44. The van der Waals surface area contributed by atoms with Crippen molar-refractivity contribution in [3.63, 3.8) is 0 Å². The first kappa shape index (κ1) is 21.2. The molecule has 2 atom stereocenters. The monoisotopic (exact) mass is 458 g/mol. The number of anilines is 2. The van der Waals surface area contributed by atoms with Gasteiger partial charge in [-0.15, -0.1) is 0 Å². The number of likely N-dealkylation sites (tertiary alicyclic amines) is 1. The smallest absolute Gasteiger partial charge is 0.162 e. The molecule has 9 heteroatoms. The number of morpholine rings is 1. The predicted octanol–water partition coefficient (Wildman–Crippen LogP) is 4.42. The molecule has 0 amide bonds. The van der Waals surface area contributed by atoms with Crippen molar-refractivity contribution in [1.29, 1.82) is 0 Å². The molecule has 32 heavy (non-hydrogen) atoms. The summed E-state index contributed by atoms with van der Waals surface area (Å²) in [6, 6.07) is 8.12. The van der Waals surface area contributed by atoms with Crippen LogP contribution >= 0.6 is 11.6 Å². The molecular weight excluding hydrogens is 435 g/mol. The third-order valence-corrected chi connectivity index (χ3v) is 6.18. The highest BCUT2D eigenvalue weighted by molar-refractivity contribution is 6.31. The zero-order valence-corrected chi connectivity index (χ0v) is 18.4. The molecule has 3 heterocycles. The molecule has 2 fully saturated rings. The molecule has 2 bridgehead atoms. The average molecular weight is 459 g/mol. The Morgan fingerprint density at radius 1 is 1.16 bits per heavy atom. The Hall–Kier alpha value is -2.68. The fourth-order valence-corrected chi connectivity index (χ4v) is 4.49. The van der Waals surface area contributed by atoms with Crippen LogP contribution in [0.4, 0.5) is 15.9 Å². The number of rotatable bonds is 7. The van der Waals surface area contributed by atoms with E-state index >= 15 is 0 Å². The van der Waals surface area contributed by atoms with Crippen LogP contribution in [0, 0.1) is 5.82 Å². The second-order valence-corrected chi connectivity index (χ2v) is 8.47. The van der Waals surface area contributed by atoms with Gasteiger partial charge in [-0.2, -0.15) is 0 Å². The second-order valence-electron chi connectivity index (χ2n) is 8.06. The maximum Gasteiger partial charge on any atom is 0.162 e. The third-order valence-electron chi connectivity index (χ3n) is 5.89. The van der Waals surface area contributed by atoms with Crippen LogP contribution in [0.25, 0.3) is 10.9 Å². The second kappa shape index (κ2) is 9.05. The Labute approximate surface area is 190 Å². The fraction of sp³-hybridized carbons (Fsp3) is 0.391. The van der Waals surface area contributed by atoms with Crippen LogP contribution in [0.2, 0.25) is 5.02 Å². The molecule has 0 aliphatic carbocycles. The van der Waals surface area contributed by atoms with Crippen LogP contribution in [-0.4, -0.2) is 60.4 Å². The van der Waals surface area contributed by atoms with E-state index in [0.29, 0.717) is 47.3 Å². The summed E-state index contributed by atoms with van der Waals surface area (Å²) < 4.78 is 31.0. The van der Waals surface area contributed by atoms with Crippen molar-refractivity contribution in [2.24, 2.45) is 0 Å². The molecule has 168 valence electrons. The van der Waals surface area contributed by atoms with Gasteiger partial charge in [0.15, 0.2) is 11.5 Å². The van der Waals surface area contributed by atoms with E-state index in [2.05, 4.69) is 20.2 Å². The number of nitrogens with one attached hydrogen (secondary N) is 1. The van der Waals surface area contributed by atoms with E-state index in [4.69, 9.17) is 25.8 Å². The first-order valence-corrected chi connectivity index (χ1v) is 11.0. The van der Waals surface area contributed by atoms with Gasteiger partial charge in [0.05, 0.1) is 29.9 Å². The summed E-state index contributed by atoms with van der Waals surface area (Å²) in [6.07, 6.45) is 4.47. The van der Waals surface area contributed by atoms with Crippen LogP contribution in [0.15, 0.2) is 36.7 Å². The molecule has 2 unspecified atom stereocenters. The first-order chi connectivity index (χ1) is 15.6. The van der Waals surface area contributed by atoms with Crippen LogP contribution in [0.3, 0.4) is 0 Å². The van der Waals surface area contributed by atoms with Gasteiger partial charge in [-0.3, -0.25) is 4.90 Å². The van der Waals surface area contributed by atoms with Gasteiger partial charge in [0.1, 0.15) is 24.6 Å². The maximum atomic E-state index is 13.5. The third kappa shape index (κ3) is 4.44. The van der Waals surface area contributed by atoms with Crippen molar-refractivity contribution >= 4 is 34.0 Å². The minimum atomic E-state index is -0.474. The number of fused-ring (bicyclic) bond motifs is 3. The predicted molar refractivity (Wildman–Crippen MR) is 121 cm³/mol. The van der Waals surface area contributed by atoms with E-state index in [1.807, 2.05) is 12.1 Å². The van der Waals surface area contributed by atoms with E-state index in [0.717, 1.165) is 37.9 Å². The van der Waals surface area contributed by atoms with Crippen molar-refractivity contribution in [2.45, 2.75) is 25.0 Å². The molecule has 0 spiro atoms. The Balaban J connectivity index is 1.35. The largest absolute Gasteiger partial charge is 0.493 e. The molecule has 7 nitrogen and oxygen atoms in total. The van der Waals surface area contributed by atoms with E-state index in [1.165, 1.54) is 18.5 Å². The van der Waals surface area contributed by atoms with Crippen LogP contribution in [0.1, 0.15) is 12.8 Å². The number of hydrogen-bond acceptors (Lipinski definition) is 7. The van der Waals surface area contributed by atoms with Gasteiger partial charge in [-0.05, 0) is 37.1 Å². The molecule has 0 radical (unpaired) electrons. The lowest BCUT2D eigenvalue weighted by atomic mass is 10.2. The summed E-state index contributed by atoms with van der Waals surface area (Å²) in [5, 5.41) is 3.98. The number of methoxy groups -OCH3 is 1. The number of benzene rings is 2. The normalized spacial score (nSPS) is 20.5. The summed E-state index contributed by atoms with van der Waals surface area (Å²) in [4.78, 5) is 11.1. The molecule has 2 saturated heterocycles. The van der Waals surface area contributed by atoms with E-state index in [-0.39, 0.29) is 5.02 Å². The topological polar surface area (TPSA) is 68.7 Å². The lowest BCUT2D eigenvalue weighted by Gasteiger charge is -2.31. The highest BCUT2D eigenvalue weighted by Crippen LogP contribution is 2.35. The lowest BCUT2D eigenvalue weighted by molar-refractivity contribution is -0.0409. The van der Waals surface area contributed by atoms with Crippen molar-refractivity contribution in [3.05, 3.63) is 47.5 Å². The SMILES string of the molecule is COc1cc2ncnc(Nc3ccc(F)c(Cl)c3)c2cc1OCCN1CC2CCC(C1)O2. The molecule has 3 aromatic rings. The molecule has 2 aliphatic heterocycles. The Morgan fingerprint density at radius 3 is 2.72 bits per heavy atom. The molecule has 1 N–H and O–H groups in total. The molecule has 2 aliphatic rings. The van der Waals surface area contributed by atoms with Gasteiger partial charge in [-0.1, -0.05) is 11.6 Å². The standard InChI is InChI=1S/C23H24ClFN4O3/c1-30-21-10-20-17(23(27-13-26-20)28-14-2-5-19(25)18(24)8-14)9-22(21)31-7-6-29-11-15-3-4-16(12-29)32-15/h2,5,8-10,13,15-16H,3-4,6-7,11-12H2,1H3,(H,26,27,28). The van der Waals surface area contributed by atoms with E-state index < -0.39 is 5.82 Å². The summed E-state index contributed by atoms with van der Waals surface area (Å²) in [6.45, 7) is 3.26. The Kier molecular flexibility index (Phi) is 5.99. The molecule has 2 aromatic carbocycles. The summed E-state index contributed by atoms with van der Waals surface area (Å²) in [5.41, 5.74) is 1.32. The van der Waals surface area contributed by atoms with Crippen molar-refractivity contribution in [3.8, 4) is 11.5 Å². The highest BCUT2D eigenvalue weighted by atomic mass is 35.5. The van der Waals surface area contributed by atoms with Crippen molar-refractivity contribution in [1.82, 2.24) is 14.9 Å². The van der Waals surface area contributed by atoms with Crippen molar-refractivity contribution < 1.29 is 18.6 Å². The van der Waals surface area contributed by atoms with Gasteiger partial charge in [-0.25, -0.2) is 14.4 Å². The summed E-state index contributed by atoms with van der Waals surface area (Å²) in [5.74, 6) is 1.31. The molecule has 1 aromatic heterocycles. The van der Waals surface area contributed by atoms with E-state index in [9.17, 15) is 4.39 Å². The number of hydrogen-bond donors (Lipinski definition) is 1. The quantitative estimate of drug-likeness (QED) is 0.562. The van der Waals surface area contributed by atoms with Gasteiger partial charge in [0, 0.05) is 36.8 Å². The fourth-order valence-electron chi connectivity index (χ4n) is 4.31. The maximum absolute atomic E-state index is 13.5. The highest BCUT2D eigenvalue weighted by Gasteiger charge is 2.33. The zero-order valence-electron chi connectivity index (χ0n) is 17.7. The number of aromatic nitrogens is 2. The minimum absolute atomic E-state index is 0.0376. The number of nitrogens with zero attached hydrogens (tertiary/aromatic N) is 3. The van der Waals surface area contributed by atoms with Gasteiger partial charge < -0.3 is 19.5 Å². The molecule has 0 saturated carbocycles. The minimum Gasteiger partial charge on any atom is -0.493 e. The van der Waals surface area contributed by atoms with Gasteiger partial charge in [0.25, 0.3) is 0 Å². The van der Waals surface area contributed by atoms with Crippen LogP contribution in [0.5, 0.6) is 11.5 Å². The van der Waals surface area contributed by atoms with E-state index in [1.54, 1.807) is 13.2 Å². The van der Waals surface area contributed by atoms with Crippen LogP contribution in [-0.2, 0) is 4.74 Å². The molecule has 5 rings (SSSR count). The van der Waals surface area contributed by atoms with Gasteiger partial charge >= 0.3 is 0 Å². The Morgan fingerprint density at radius 2 is 1.97 bits per heavy atom. The summed E-state index contributed by atoms with van der Waals surface area (Å²) in [7, 11) is 1.61. The van der Waals surface area contributed by atoms with Crippen molar-refractivity contribution in [2.75, 3.05) is 38.7 Å². The van der Waals surface area contributed by atoms with Gasteiger partial charge in [0.2, 0.25) is 0 Å².